The zero-order valence-electron chi connectivity index (χ0n) is 9.48. The van der Waals surface area contributed by atoms with Crippen molar-refractivity contribution in [2.45, 2.75) is 12.8 Å². The number of carbonyl (C=O) groups is 1. The Morgan fingerprint density at radius 1 is 1.44 bits per heavy atom. The molecule has 0 aliphatic heterocycles. The molecule has 4 nitrogen and oxygen atoms in total. The molecule has 0 saturated heterocycles. The van der Waals surface area contributed by atoms with Crippen LogP contribution in [0.5, 0.6) is 0 Å². The number of nitrogens with one attached hydrogen (secondary N) is 1. The van der Waals surface area contributed by atoms with Gasteiger partial charge < -0.3 is 5.32 Å². The number of amides is 1. The first-order valence-electron chi connectivity index (χ1n) is 5.43. The maximum absolute atomic E-state index is 11.5. The van der Waals surface area contributed by atoms with Crippen LogP contribution in [0.25, 0.3) is 10.8 Å². The number of rotatable bonds is 3. The molecule has 1 heterocycles. The molecule has 0 aliphatic rings. The van der Waals surface area contributed by atoms with Gasteiger partial charge in [-0.25, -0.2) is 4.98 Å². The number of halogens is 1. The minimum Gasteiger partial charge on any atom is -0.311 e. The first kappa shape index (κ1) is 12.5. The fourth-order valence-corrected chi connectivity index (χ4v) is 2.15. The number of nitrogens with zero attached hydrogens (tertiary/aromatic N) is 2. The summed E-state index contributed by atoms with van der Waals surface area (Å²) in [7, 11) is 0. The van der Waals surface area contributed by atoms with Gasteiger partial charge in [0, 0.05) is 18.2 Å². The van der Waals surface area contributed by atoms with E-state index in [-0.39, 0.29) is 18.7 Å². The number of benzene rings is 1. The van der Waals surface area contributed by atoms with Crippen molar-refractivity contribution >= 4 is 38.4 Å². The molecule has 90 valence electrons. The molecule has 0 atom stereocenters. The third-order valence-corrected chi connectivity index (χ3v) is 3.03. The lowest BCUT2D eigenvalue weighted by Crippen LogP contribution is -2.12. The summed E-state index contributed by atoms with van der Waals surface area (Å²) in [4.78, 5) is 15.8. The number of carbonyl (C=O) groups excluding carboxylic acids is 1. The third-order valence-electron chi connectivity index (χ3n) is 2.43. The van der Waals surface area contributed by atoms with E-state index in [9.17, 15) is 4.79 Å². The van der Waals surface area contributed by atoms with Gasteiger partial charge in [0.25, 0.3) is 0 Å². The van der Waals surface area contributed by atoms with E-state index >= 15 is 0 Å². The van der Waals surface area contributed by atoms with Crippen LogP contribution in [0, 0.1) is 11.3 Å². The summed E-state index contributed by atoms with van der Waals surface area (Å²) in [6.07, 6.45) is 0.392. The van der Waals surface area contributed by atoms with Crippen LogP contribution >= 0.6 is 15.9 Å². The van der Waals surface area contributed by atoms with Crippen molar-refractivity contribution in [1.29, 1.82) is 5.26 Å². The predicted octanol–water partition coefficient (Wildman–Crippen LogP) is 3.24. The van der Waals surface area contributed by atoms with Crippen LogP contribution in [0.2, 0.25) is 0 Å². The van der Waals surface area contributed by atoms with Crippen LogP contribution in [0.1, 0.15) is 12.8 Å². The summed E-state index contributed by atoms with van der Waals surface area (Å²) in [5.74, 6) is 0.287. The standard InChI is InChI=1S/C13H10BrN3O/c14-13-10-5-2-1-4-9(10)8-11(17-13)16-12(18)6-3-7-15/h1-2,4-5,8H,3,6H2,(H,16,17,18). The smallest absolute Gasteiger partial charge is 0.226 e. The van der Waals surface area contributed by atoms with Crippen molar-refractivity contribution in [1.82, 2.24) is 4.98 Å². The van der Waals surface area contributed by atoms with Gasteiger partial charge >= 0.3 is 0 Å². The van der Waals surface area contributed by atoms with Crippen molar-refractivity contribution in [3.63, 3.8) is 0 Å². The van der Waals surface area contributed by atoms with E-state index in [0.29, 0.717) is 10.4 Å². The van der Waals surface area contributed by atoms with Crippen molar-refractivity contribution in [3.8, 4) is 6.07 Å². The summed E-state index contributed by atoms with van der Waals surface area (Å²) in [6, 6.07) is 11.5. The maximum Gasteiger partial charge on any atom is 0.226 e. The van der Waals surface area contributed by atoms with Gasteiger partial charge in [-0.15, -0.1) is 0 Å². The van der Waals surface area contributed by atoms with E-state index in [4.69, 9.17) is 5.26 Å². The normalized spacial score (nSPS) is 10.0. The van der Waals surface area contributed by atoms with Crippen LogP contribution in [0.3, 0.4) is 0 Å². The van der Waals surface area contributed by atoms with E-state index in [1.54, 1.807) is 0 Å². The summed E-state index contributed by atoms with van der Waals surface area (Å²) < 4.78 is 0.691. The average molecular weight is 304 g/mol. The zero-order valence-corrected chi connectivity index (χ0v) is 11.1. The second-order valence-corrected chi connectivity index (χ2v) is 4.48. The van der Waals surface area contributed by atoms with Gasteiger partial charge in [-0.2, -0.15) is 5.26 Å². The Morgan fingerprint density at radius 3 is 3.00 bits per heavy atom. The van der Waals surface area contributed by atoms with Crippen LogP contribution in [0.4, 0.5) is 5.82 Å². The number of anilines is 1. The molecule has 1 aromatic carbocycles. The van der Waals surface area contributed by atoms with E-state index in [0.717, 1.165) is 10.8 Å². The van der Waals surface area contributed by atoms with Crippen molar-refractivity contribution in [2.75, 3.05) is 5.32 Å². The molecule has 0 bridgehead atoms. The van der Waals surface area contributed by atoms with Gasteiger partial charge in [0.2, 0.25) is 5.91 Å². The first-order chi connectivity index (χ1) is 8.70. The molecular formula is C13H10BrN3O. The monoisotopic (exact) mass is 303 g/mol. The van der Waals surface area contributed by atoms with E-state index in [1.807, 2.05) is 36.4 Å². The number of nitriles is 1. The van der Waals surface area contributed by atoms with Crippen LogP contribution in [-0.4, -0.2) is 10.9 Å². The van der Waals surface area contributed by atoms with Gasteiger partial charge in [-0.3, -0.25) is 4.79 Å². The number of fused-ring (bicyclic) bond motifs is 1. The Balaban J connectivity index is 2.25. The molecule has 1 amide bonds. The first-order valence-corrected chi connectivity index (χ1v) is 6.22. The van der Waals surface area contributed by atoms with Gasteiger partial charge in [-0.1, -0.05) is 24.3 Å². The highest BCUT2D eigenvalue weighted by atomic mass is 79.9. The third kappa shape index (κ3) is 2.84. The van der Waals surface area contributed by atoms with E-state index < -0.39 is 0 Å². The Labute approximate surface area is 113 Å². The SMILES string of the molecule is N#CCCC(=O)Nc1cc2ccccc2c(Br)n1. The number of hydrogen-bond donors (Lipinski definition) is 1. The van der Waals surface area contributed by atoms with Gasteiger partial charge in [0.05, 0.1) is 6.07 Å². The molecule has 0 unspecified atom stereocenters. The lowest BCUT2D eigenvalue weighted by Gasteiger charge is -2.06. The minimum atomic E-state index is -0.203. The largest absolute Gasteiger partial charge is 0.311 e. The topological polar surface area (TPSA) is 65.8 Å². The predicted molar refractivity (Wildman–Crippen MR) is 72.9 cm³/mol. The quantitative estimate of drug-likeness (QED) is 0.885. The Morgan fingerprint density at radius 2 is 2.22 bits per heavy atom. The second-order valence-electron chi connectivity index (χ2n) is 3.73. The number of aromatic nitrogens is 1. The van der Waals surface area contributed by atoms with Crippen molar-refractivity contribution in [2.24, 2.45) is 0 Å². The van der Waals surface area contributed by atoms with E-state index in [1.165, 1.54) is 0 Å². The minimum absolute atomic E-state index is 0.183. The van der Waals surface area contributed by atoms with E-state index in [2.05, 4.69) is 26.2 Å². The molecule has 1 N–H and O–H groups in total. The molecule has 1 aromatic heterocycles. The summed E-state index contributed by atoms with van der Waals surface area (Å²) in [5.41, 5.74) is 0. The molecule has 2 aromatic rings. The molecule has 0 saturated carbocycles. The number of hydrogen-bond acceptors (Lipinski definition) is 3. The van der Waals surface area contributed by atoms with Crippen LogP contribution in [-0.2, 0) is 4.79 Å². The molecule has 0 spiro atoms. The van der Waals surface area contributed by atoms with Crippen LogP contribution < -0.4 is 5.32 Å². The van der Waals surface area contributed by atoms with Crippen molar-refractivity contribution in [3.05, 3.63) is 34.9 Å². The van der Waals surface area contributed by atoms with Crippen molar-refractivity contribution < 1.29 is 4.79 Å². The highest BCUT2D eigenvalue weighted by molar-refractivity contribution is 9.10. The van der Waals surface area contributed by atoms with Gasteiger partial charge in [0.1, 0.15) is 10.4 Å². The average Bonchev–Trinajstić information content (AvgIpc) is 2.36. The molecule has 2 rings (SSSR count). The highest BCUT2D eigenvalue weighted by Crippen LogP contribution is 2.24. The fraction of sp³-hybridized carbons (Fsp3) is 0.154. The van der Waals surface area contributed by atoms with Gasteiger partial charge in [-0.05, 0) is 27.4 Å². The molecule has 0 fully saturated rings. The molecule has 18 heavy (non-hydrogen) atoms. The molecular weight excluding hydrogens is 294 g/mol. The summed E-state index contributed by atoms with van der Waals surface area (Å²) in [5, 5.41) is 13.1. The van der Waals surface area contributed by atoms with Gasteiger partial charge in [0.15, 0.2) is 0 Å². The lowest BCUT2D eigenvalue weighted by molar-refractivity contribution is -0.116. The summed E-state index contributed by atoms with van der Waals surface area (Å²) in [6.45, 7) is 0. The maximum atomic E-state index is 11.5. The zero-order chi connectivity index (χ0) is 13.0. The Hall–Kier alpha value is -1.93. The summed E-state index contributed by atoms with van der Waals surface area (Å²) >= 11 is 3.38. The lowest BCUT2D eigenvalue weighted by atomic mass is 10.2. The van der Waals surface area contributed by atoms with Crippen LogP contribution in [0.15, 0.2) is 34.9 Å². The molecule has 0 aliphatic carbocycles. The Bertz CT molecular complexity index is 634. The Kier molecular flexibility index (Phi) is 3.90. The highest BCUT2D eigenvalue weighted by Gasteiger charge is 2.06. The fourth-order valence-electron chi connectivity index (χ4n) is 1.60. The second kappa shape index (κ2) is 5.61. The number of pyridine rings is 1. The molecule has 0 radical (unpaired) electrons. The molecule has 5 heteroatoms.